The van der Waals surface area contributed by atoms with Crippen molar-refractivity contribution >= 4 is 23.1 Å². The Labute approximate surface area is 180 Å². The summed E-state index contributed by atoms with van der Waals surface area (Å²) in [4.78, 5) is 34.1. The summed E-state index contributed by atoms with van der Waals surface area (Å²) < 4.78 is 5.69. The smallest absolute Gasteiger partial charge is 0.295 e. The van der Waals surface area contributed by atoms with Gasteiger partial charge in [0.1, 0.15) is 18.1 Å². The van der Waals surface area contributed by atoms with Crippen LogP contribution in [0.1, 0.15) is 42.9 Å². The largest absolute Gasteiger partial charge is 0.507 e. The summed E-state index contributed by atoms with van der Waals surface area (Å²) in [7, 11) is 1.96. The molecule has 1 aliphatic carbocycles. The lowest BCUT2D eigenvalue weighted by molar-refractivity contribution is -0.141. The molecule has 1 N–H and O–H groups in total. The summed E-state index contributed by atoms with van der Waals surface area (Å²) in [6.07, 6.45) is 7.11. The van der Waals surface area contributed by atoms with Crippen LogP contribution in [0.2, 0.25) is 0 Å². The van der Waals surface area contributed by atoms with Crippen LogP contribution >= 0.6 is 0 Å². The van der Waals surface area contributed by atoms with Crippen LogP contribution in [0, 0.1) is 0 Å². The second kappa shape index (κ2) is 7.72. The van der Waals surface area contributed by atoms with Crippen molar-refractivity contribution in [2.75, 3.05) is 25.1 Å². The predicted molar refractivity (Wildman–Crippen MR) is 116 cm³/mol. The molecule has 7 nitrogen and oxygen atoms in total. The number of Topliss-reactive ketones (excluding diaryl/α,β-unsaturated/α-hetero) is 1. The Hall–Kier alpha value is -3.35. The maximum Gasteiger partial charge on any atom is 0.295 e. The normalized spacial score (nSPS) is 23.2. The molecule has 1 saturated carbocycles. The molecule has 3 aliphatic rings. The van der Waals surface area contributed by atoms with E-state index in [0.717, 1.165) is 49.2 Å². The minimum atomic E-state index is -0.631. The van der Waals surface area contributed by atoms with Gasteiger partial charge in [0.2, 0.25) is 0 Å². The number of ketones is 1. The van der Waals surface area contributed by atoms with E-state index in [1.54, 1.807) is 41.6 Å². The van der Waals surface area contributed by atoms with Gasteiger partial charge in [0.15, 0.2) is 0 Å². The van der Waals surface area contributed by atoms with Crippen LogP contribution in [-0.2, 0) is 9.59 Å². The van der Waals surface area contributed by atoms with Gasteiger partial charge in [-0.25, -0.2) is 0 Å². The molecule has 2 aliphatic heterocycles. The van der Waals surface area contributed by atoms with Gasteiger partial charge in [-0.05, 0) is 48.7 Å². The fourth-order valence-corrected chi connectivity index (χ4v) is 4.94. The second-order valence-electron chi connectivity index (χ2n) is 8.38. The van der Waals surface area contributed by atoms with E-state index in [2.05, 4.69) is 4.98 Å². The first-order valence-electron chi connectivity index (χ1n) is 10.7. The SMILES string of the molecule is CN1CCOc2ccc(/C(O)=C3/C(=O)C(=O)N(C4CCCC4)C3c3ccncc3)cc21. The molecule has 2 aromatic rings. The van der Waals surface area contributed by atoms with Crippen molar-refractivity contribution in [3.8, 4) is 5.75 Å². The fourth-order valence-electron chi connectivity index (χ4n) is 4.94. The molecule has 1 aromatic carbocycles. The Balaban J connectivity index is 1.65. The third-order valence-corrected chi connectivity index (χ3v) is 6.55. The van der Waals surface area contributed by atoms with E-state index in [9.17, 15) is 14.7 Å². The lowest BCUT2D eigenvalue weighted by Gasteiger charge is -2.31. The zero-order valence-corrected chi connectivity index (χ0v) is 17.5. The van der Waals surface area contributed by atoms with Crippen LogP contribution in [0.3, 0.4) is 0 Å². The van der Waals surface area contributed by atoms with Gasteiger partial charge in [-0.1, -0.05) is 12.8 Å². The van der Waals surface area contributed by atoms with E-state index in [-0.39, 0.29) is 17.4 Å². The van der Waals surface area contributed by atoms with Gasteiger partial charge in [-0.3, -0.25) is 14.6 Å². The van der Waals surface area contributed by atoms with E-state index in [1.807, 2.05) is 18.0 Å². The van der Waals surface area contributed by atoms with Crippen molar-refractivity contribution in [2.45, 2.75) is 37.8 Å². The molecule has 1 unspecified atom stereocenters. The molecule has 2 fully saturated rings. The maximum atomic E-state index is 13.2. The van der Waals surface area contributed by atoms with Crippen molar-refractivity contribution < 1.29 is 19.4 Å². The van der Waals surface area contributed by atoms with Gasteiger partial charge in [-0.2, -0.15) is 0 Å². The number of nitrogens with zero attached hydrogens (tertiary/aromatic N) is 3. The Bertz CT molecular complexity index is 1060. The van der Waals surface area contributed by atoms with Crippen LogP contribution in [0.5, 0.6) is 5.75 Å². The van der Waals surface area contributed by atoms with Gasteiger partial charge >= 0.3 is 0 Å². The average Bonchev–Trinajstić information content (AvgIpc) is 3.41. The van der Waals surface area contributed by atoms with Crippen LogP contribution in [0.15, 0.2) is 48.3 Å². The fraction of sp³-hybridized carbons (Fsp3) is 0.375. The van der Waals surface area contributed by atoms with Gasteiger partial charge in [-0.15, -0.1) is 0 Å². The summed E-state index contributed by atoms with van der Waals surface area (Å²) in [5.74, 6) is -0.577. The van der Waals surface area contributed by atoms with E-state index < -0.39 is 17.7 Å². The van der Waals surface area contributed by atoms with Gasteiger partial charge < -0.3 is 19.6 Å². The molecular formula is C24H25N3O4. The number of hydrogen-bond acceptors (Lipinski definition) is 6. The number of aliphatic hydroxyl groups excluding tert-OH is 1. The molecule has 0 spiro atoms. The highest BCUT2D eigenvalue weighted by Crippen LogP contribution is 2.44. The first-order chi connectivity index (χ1) is 15.1. The standard InChI is InChI=1S/C24H25N3O4/c1-26-12-13-31-19-7-6-16(14-18(19)26)22(28)20-21(15-8-10-25-11-9-15)27(24(30)23(20)29)17-4-2-3-5-17/h6-11,14,17,21,28H,2-5,12-13H2,1H3/b22-20-. The highest BCUT2D eigenvalue weighted by atomic mass is 16.5. The number of hydrogen-bond donors (Lipinski definition) is 1. The third kappa shape index (κ3) is 3.24. The molecule has 0 radical (unpaired) electrons. The molecule has 7 heteroatoms. The number of amides is 1. The van der Waals surface area contributed by atoms with E-state index in [4.69, 9.17) is 4.74 Å². The number of likely N-dealkylation sites (tertiary alicyclic amines) is 1. The highest BCUT2D eigenvalue weighted by Gasteiger charge is 2.49. The molecule has 1 aromatic heterocycles. The average molecular weight is 419 g/mol. The zero-order chi connectivity index (χ0) is 21.5. The molecule has 3 heterocycles. The number of benzene rings is 1. The monoisotopic (exact) mass is 419 g/mol. The topological polar surface area (TPSA) is 83.0 Å². The molecule has 31 heavy (non-hydrogen) atoms. The molecule has 1 atom stereocenters. The van der Waals surface area contributed by atoms with Crippen molar-refractivity contribution in [1.82, 2.24) is 9.88 Å². The molecule has 0 bridgehead atoms. The van der Waals surface area contributed by atoms with Crippen LogP contribution in [0.25, 0.3) is 5.76 Å². The van der Waals surface area contributed by atoms with Crippen molar-refractivity contribution in [3.05, 3.63) is 59.4 Å². The minimum Gasteiger partial charge on any atom is -0.507 e. The van der Waals surface area contributed by atoms with Crippen LogP contribution in [-0.4, -0.2) is 52.9 Å². The lowest BCUT2D eigenvalue weighted by atomic mass is 9.95. The number of anilines is 1. The number of carbonyl (C=O) groups is 2. The number of carbonyl (C=O) groups excluding carboxylic acids is 2. The Morgan fingerprint density at radius 3 is 2.61 bits per heavy atom. The number of aromatic nitrogens is 1. The Morgan fingerprint density at radius 1 is 1.13 bits per heavy atom. The quantitative estimate of drug-likeness (QED) is 0.467. The number of fused-ring (bicyclic) bond motifs is 1. The van der Waals surface area contributed by atoms with E-state index >= 15 is 0 Å². The van der Waals surface area contributed by atoms with Gasteiger partial charge in [0, 0.05) is 31.0 Å². The molecule has 1 saturated heterocycles. The summed E-state index contributed by atoms with van der Waals surface area (Å²) in [6, 6.07) is 8.35. The third-order valence-electron chi connectivity index (χ3n) is 6.55. The molecular weight excluding hydrogens is 394 g/mol. The first kappa shape index (κ1) is 19.6. The van der Waals surface area contributed by atoms with Gasteiger partial charge in [0.05, 0.1) is 23.8 Å². The van der Waals surface area contributed by atoms with E-state index in [1.165, 1.54) is 0 Å². The Kier molecular flexibility index (Phi) is 4.88. The summed E-state index contributed by atoms with van der Waals surface area (Å²) >= 11 is 0. The molecule has 160 valence electrons. The first-order valence-corrected chi connectivity index (χ1v) is 10.7. The number of rotatable bonds is 3. The van der Waals surface area contributed by atoms with Crippen LogP contribution in [0.4, 0.5) is 5.69 Å². The number of likely N-dealkylation sites (N-methyl/N-ethyl adjacent to an activating group) is 1. The minimum absolute atomic E-state index is 0.00276. The zero-order valence-electron chi connectivity index (χ0n) is 17.5. The van der Waals surface area contributed by atoms with Crippen molar-refractivity contribution in [1.29, 1.82) is 0 Å². The lowest BCUT2D eigenvalue weighted by Crippen LogP contribution is -2.37. The maximum absolute atomic E-state index is 13.2. The summed E-state index contributed by atoms with van der Waals surface area (Å²) in [6.45, 7) is 1.34. The van der Waals surface area contributed by atoms with Crippen molar-refractivity contribution in [2.24, 2.45) is 0 Å². The Morgan fingerprint density at radius 2 is 1.87 bits per heavy atom. The molecule has 1 amide bonds. The highest BCUT2D eigenvalue weighted by molar-refractivity contribution is 6.46. The number of ether oxygens (including phenoxy) is 1. The number of aliphatic hydroxyl groups is 1. The summed E-state index contributed by atoms with van der Waals surface area (Å²) in [5.41, 5.74) is 2.27. The summed E-state index contributed by atoms with van der Waals surface area (Å²) in [5, 5.41) is 11.3. The second-order valence-corrected chi connectivity index (χ2v) is 8.38. The number of pyridine rings is 1. The van der Waals surface area contributed by atoms with E-state index in [0.29, 0.717) is 12.2 Å². The van der Waals surface area contributed by atoms with Gasteiger partial charge in [0.25, 0.3) is 11.7 Å². The van der Waals surface area contributed by atoms with Crippen molar-refractivity contribution in [3.63, 3.8) is 0 Å². The predicted octanol–water partition coefficient (Wildman–Crippen LogP) is 3.27. The molecule has 5 rings (SSSR count). The van der Waals surface area contributed by atoms with Crippen LogP contribution < -0.4 is 9.64 Å².